The van der Waals surface area contributed by atoms with Crippen LogP contribution in [0.2, 0.25) is 0 Å². The van der Waals surface area contributed by atoms with Crippen molar-refractivity contribution in [2.45, 2.75) is 6.92 Å². The number of hydrogen-bond donors (Lipinski definition) is 2. The van der Waals surface area contributed by atoms with Gasteiger partial charge in [0.1, 0.15) is 5.82 Å². The quantitative estimate of drug-likeness (QED) is 0.510. The van der Waals surface area contributed by atoms with Crippen molar-refractivity contribution in [3.05, 3.63) is 18.2 Å². The number of aromatic nitrogens is 2. The number of rotatable bonds is 0. The summed E-state index contributed by atoms with van der Waals surface area (Å²) in [7, 11) is 1.00. The SMILES string of the molecule is CO.Cc1ncc[nH]1. The molecule has 0 aliphatic heterocycles. The minimum absolute atomic E-state index is 0.968. The van der Waals surface area contributed by atoms with E-state index < -0.39 is 0 Å². The molecule has 0 fully saturated rings. The highest BCUT2D eigenvalue weighted by Crippen LogP contribution is 1.78. The number of aliphatic hydroxyl groups is 1. The highest BCUT2D eigenvalue weighted by atomic mass is 16.2. The maximum absolute atomic E-state index is 7.00. The van der Waals surface area contributed by atoms with Gasteiger partial charge in [-0.1, -0.05) is 0 Å². The van der Waals surface area contributed by atoms with Gasteiger partial charge >= 0.3 is 0 Å². The Kier molecular flexibility index (Phi) is 3.88. The molecule has 0 aliphatic rings. The van der Waals surface area contributed by atoms with Crippen molar-refractivity contribution in [3.63, 3.8) is 0 Å². The predicted octanol–water partition coefficient (Wildman–Crippen LogP) is 0.327. The molecule has 1 rings (SSSR count). The van der Waals surface area contributed by atoms with Gasteiger partial charge in [-0.15, -0.1) is 0 Å². The van der Waals surface area contributed by atoms with E-state index in [1.54, 1.807) is 12.4 Å². The Balaban J connectivity index is 0.000000222. The van der Waals surface area contributed by atoms with Gasteiger partial charge < -0.3 is 10.1 Å². The Hall–Kier alpha value is -0.830. The van der Waals surface area contributed by atoms with E-state index in [4.69, 9.17) is 5.11 Å². The molecule has 0 amide bonds. The van der Waals surface area contributed by atoms with Crippen LogP contribution >= 0.6 is 0 Å². The zero-order valence-electron chi connectivity index (χ0n) is 5.05. The smallest absolute Gasteiger partial charge is 0.102 e. The molecule has 0 saturated heterocycles. The molecule has 0 aromatic carbocycles. The second-order valence-electron chi connectivity index (χ2n) is 1.17. The zero-order chi connectivity index (χ0) is 6.41. The highest BCUT2D eigenvalue weighted by molar-refractivity contribution is 4.80. The van der Waals surface area contributed by atoms with E-state index in [2.05, 4.69) is 9.97 Å². The standard InChI is InChI=1S/C4H6N2.CH4O/c1-4-5-2-3-6-4;1-2/h2-3H,1H3,(H,5,6);2H,1H3. The zero-order valence-corrected chi connectivity index (χ0v) is 5.05. The summed E-state index contributed by atoms with van der Waals surface area (Å²) in [5.41, 5.74) is 0. The first kappa shape index (κ1) is 7.17. The molecule has 0 aliphatic carbocycles. The van der Waals surface area contributed by atoms with Crippen LogP contribution in [0.25, 0.3) is 0 Å². The van der Waals surface area contributed by atoms with E-state index in [1.807, 2.05) is 6.92 Å². The number of nitrogens with zero attached hydrogens (tertiary/aromatic N) is 1. The Bertz CT molecular complexity index is 114. The van der Waals surface area contributed by atoms with E-state index in [1.165, 1.54) is 0 Å². The van der Waals surface area contributed by atoms with Crippen molar-refractivity contribution < 1.29 is 5.11 Å². The van der Waals surface area contributed by atoms with Gasteiger partial charge in [-0.3, -0.25) is 0 Å². The van der Waals surface area contributed by atoms with Gasteiger partial charge in [0.15, 0.2) is 0 Å². The van der Waals surface area contributed by atoms with Gasteiger partial charge in [-0.2, -0.15) is 0 Å². The highest BCUT2D eigenvalue weighted by Gasteiger charge is 1.73. The van der Waals surface area contributed by atoms with Crippen LogP contribution in [0.4, 0.5) is 0 Å². The van der Waals surface area contributed by atoms with Gasteiger partial charge in [-0.05, 0) is 6.92 Å². The lowest BCUT2D eigenvalue weighted by atomic mass is 10.8. The maximum atomic E-state index is 7.00. The fourth-order valence-electron chi connectivity index (χ4n) is 0.344. The van der Waals surface area contributed by atoms with Gasteiger partial charge in [-0.25, -0.2) is 4.98 Å². The summed E-state index contributed by atoms with van der Waals surface area (Å²) in [6.07, 6.45) is 3.53. The molecule has 2 N–H and O–H groups in total. The summed E-state index contributed by atoms with van der Waals surface area (Å²) in [6, 6.07) is 0. The van der Waals surface area contributed by atoms with Crippen LogP contribution in [0, 0.1) is 6.92 Å². The second-order valence-corrected chi connectivity index (χ2v) is 1.17. The average Bonchev–Trinajstić information content (AvgIpc) is 2.24. The summed E-state index contributed by atoms with van der Waals surface area (Å²) < 4.78 is 0. The molecule has 46 valence electrons. The predicted molar refractivity (Wildman–Crippen MR) is 31.5 cm³/mol. The normalized spacial score (nSPS) is 7.38. The maximum Gasteiger partial charge on any atom is 0.102 e. The monoisotopic (exact) mass is 114 g/mol. The van der Waals surface area contributed by atoms with Crippen LogP contribution < -0.4 is 0 Å². The molecular formula is C5H10N2O. The molecule has 0 unspecified atom stereocenters. The molecule has 0 bridgehead atoms. The number of aromatic amines is 1. The fourth-order valence-corrected chi connectivity index (χ4v) is 0.344. The lowest BCUT2D eigenvalue weighted by Gasteiger charge is -1.68. The number of hydrogen-bond acceptors (Lipinski definition) is 2. The van der Waals surface area contributed by atoms with Crippen molar-refractivity contribution in [2.24, 2.45) is 0 Å². The van der Waals surface area contributed by atoms with E-state index in [0.29, 0.717) is 0 Å². The molecule has 8 heavy (non-hydrogen) atoms. The Labute approximate surface area is 48.4 Å². The van der Waals surface area contributed by atoms with Crippen LogP contribution in [-0.2, 0) is 0 Å². The molecule has 0 radical (unpaired) electrons. The molecule has 1 aromatic rings. The largest absolute Gasteiger partial charge is 0.400 e. The van der Waals surface area contributed by atoms with Crippen LogP contribution in [0.1, 0.15) is 5.82 Å². The van der Waals surface area contributed by atoms with Crippen LogP contribution in [0.5, 0.6) is 0 Å². The third-order valence-corrected chi connectivity index (χ3v) is 0.635. The number of nitrogens with one attached hydrogen (secondary N) is 1. The van der Waals surface area contributed by atoms with Crippen molar-refractivity contribution in [2.75, 3.05) is 7.11 Å². The average molecular weight is 114 g/mol. The second kappa shape index (κ2) is 4.33. The van der Waals surface area contributed by atoms with E-state index >= 15 is 0 Å². The minimum atomic E-state index is 0.968. The Morgan fingerprint density at radius 3 is 2.38 bits per heavy atom. The van der Waals surface area contributed by atoms with Gasteiger partial charge in [0.05, 0.1) is 0 Å². The lowest BCUT2D eigenvalue weighted by Crippen LogP contribution is -1.66. The van der Waals surface area contributed by atoms with E-state index in [-0.39, 0.29) is 0 Å². The number of aryl methyl sites for hydroxylation is 1. The summed E-state index contributed by atoms with van der Waals surface area (Å²) in [5.74, 6) is 0.968. The topological polar surface area (TPSA) is 48.9 Å². The molecule has 3 heteroatoms. The molecule has 1 heterocycles. The van der Waals surface area contributed by atoms with Gasteiger partial charge in [0, 0.05) is 19.5 Å². The first-order chi connectivity index (χ1) is 3.89. The molecule has 3 nitrogen and oxygen atoms in total. The molecule has 0 atom stereocenters. The first-order valence-electron chi connectivity index (χ1n) is 2.30. The van der Waals surface area contributed by atoms with Gasteiger partial charge in [0.2, 0.25) is 0 Å². The first-order valence-corrected chi connectivity index (χ1v) is 2.30. The van der Waals surface area contributed by atoms with E-state index in [0.717, 1.165) is 12.9 Å². The van der Waals surface area contributed by atoms with Crippen LogP contribution in [0.15, 0.2) is 12.4 Å². The lowest BCUT2D eigenvalue weighted by molar-refractivity contribution is 0.399. The summed E-state index contributed by atoms with van der Waals surface area (Å²) in [5, 5.41) is 7.00. The van der Waals surface area contributed by atoms with E-state index in [9.17, 15) is 0 Å². The fraction of sp³-hybridized carbons (Fsp3) is 0.400. The summed E-state index contributed by atoms with van der Waals surface area (Å²) >= 11 is 0. The molecule has 0 spiro atoms. The van der Waals surface area contributed by atoms with Crippen molar-refractivity contribution in [1.82, 2.24) is 9.97 Å². The third kappa shape index (κ3) is 2.36. The van der Waals surface area contributed by atoms with Crippen LogP contribution in [-0.4, -0.2) is 22.2 Å². The Morgan fingerprint density at radius 2 is 2.25 bits per heavy atom. The molecule has 0 saturated carbocycles. The van der Waals surface area contributed by atoms with Crippen molar-refractivity contribution in [3.8, 4) is 0 Å². The summed E-state index contributed by atoms with van der Waals surface area (Å²) in [6.45, 7) is 1.92. The van der Waals surface area contributed by atoms with Crippen molar-refractivity contribution in [1.29, 1.82) is 0 Å². The number of H-pyrrole nitrogens is 1. The summed E-state index contributed by atoms with van der Waals surface area (Å²) in [4.78, 5) is 6.75. The minimum Gasteiger partial charge on any atom is -0.400 e. The van der Waals surface area contributed by atoms with Crippen LogP contribution in [0.3, 0.4) is 0 Å². The molecule has 1 aromatic heterocycles. The Morgan fingerprint density at radius 1 is 1.62 bits per heavy atom. The number of imidazole rings is 1. The number of aliphatic hydroxyl groups excluding tert-OH is 1. The molecular weight excluding hydrogens is 104 g/mol. The van der Waals surface area contributed by atoms with Crippen molar-refractivity contribution >= 4 is 0 Å². The third-order valence-electron chi connectivity index (χ3n) is 0.635. The van der Waals surface area contributed by atoms with Gasteiger partial charge in [0.25, 0.3) is 0 Å².